The molecule has 0 aromatic heterocycles. The summed E-state index contributed by atoms with van der Waals surface area (Å²) in [6.07, 6.45) is 0.418. The van der Waals surface area contributed by atoms with Crippen LogP contribution in [0.1, 0.15) is 27.8 Å². The number of rotatable bonds is 9. The molecular weight excluding hydrogens is 412 g/mol. The highest BCUT2D eigenvalue weighted by atomic mass is 16.5. The molecule has 0 aliphatic heterocycles. The molecular formula is C28H32N2O3. The van der Waals surface area contributed by atoms with E-state index in [1.807, 2.05) is 93.6 Å². The Morgan fingerprint density at radius 1 is 0.879 bits per heavy atom. The average Bonchev–Trinajstić information content (AvgIpc) is 2.82. The molecule has 0 fully saturated rings. The minimum absolute atomic E-state index is 0.142. The highest BCUT2D eigenvalue weighted by Gasteiger charge is 2.30. The summed E-state index contributed by atoms with van der Waals surface area (Å²) in [6.45, 7) is 6.23. The number of nitrogens with one attached hydrogen (secondary N) is 1. The Morgan fingerprint density at radius 3 is 2.27 bits per heavy atom. The first kappa shape index (κ1) is 24.1. The van der Waals surface area contributed by atoms with Gasteiger partial charge in [0, 0.05) is 20.0 Å². The van der Waals surface area contributed by atoms with Gasteiger partial charge in [0.1, 0.15) is 11.8 Å². The first-order valence-electron chi connectivity index (χ1n) is 11.2. The summed E-state index contributed by atoms with van der Waals surface area (Å²) in [7, 11) is 1.60. The molecule has 3 rings (SSSR count). The van der Waals surface area contributed by atoms with Crippen LogP contribution in [-0.2, 0) is 22.6 Å². The molecule has 5 heteroatoms. The molecule has 5 nitrogen and oxygen atoms in total. The van der Waals surface area contributed by atoms with Crippen LogP contribution in [0.15, 0.2) is 72.8 Å². The summed E-state index contributed by atoms with van der Waals surface area (Å²) in [5.41, 5.74) is 5.33. The van der Waals surface area contributed by atoms with E-state index in [0.717, 1.165) is 27.8 Å². The van der Waals surface area contributed by atoms with E-state index in [2.05, 4.69) is 5.32 Å². The number of benzene rings is 3. The third kappa shape index (κ3) is 6.69. The molecule has 1 atom stereocenters. The smallest absolute Gasteiger partial charge is 0.261 e. The molecule has 0 radical (unpaired) electrons. The zero-order valence-corrected chi connectivity index (χ0v) is 19.8. The molecule has 2 amide bonds. The third-order valence-corrected chi connectivity index (χ3v) is 5.79. The Kier molecular flexibility index (Phi) is 8.25. The summed E-state index contributed by atoms with van der Waals surface area (Å²) in [6, 6.07) is 22.8. The number of likely N-dealkylation sites (N-methyl/N-ethyl adjacent to an activating group) is 1. The number of carbonyl (C=O) groups is 2. The molecule has 0 saturated carbocycles. The van der Waals surface area contributed by atoms with Crippen molar-refractivity contribution in [1.29, 1.82) is 0 Å². The predicted molar refractivity (Wildman–Crippen MR) is 131 cm³/mol. The number of amides is 2. The standard InChI is InChI=1S/C28H32N2O3/c1-20-9-8-12-24(15-20)18-30(26(28(32)29-4)17-23-10-6-5-7-11-23)27(31)19-33-25-14-13-21(2)22(3)16-25/h5-16,26H,17-19H2,1-4H3,(H,29,32). The first-order valence-corrected chi connectivity index (χ1v) is 11.2. The zero-order chi connectivity index (χ0) is 23.8. The van der Waals surface area contributed by atoms with Crippen molar-refractivity contribution in [3.05, 3.63) is 101 Å². The van der Waals surface area contributed by atoms with Crippen LogP contribution in [0.25, 0.3) is 0 Å². The summed E-state index contributed by atoms with van der Waals surface area (Å²) < 4.78 is 5.84. The maximum atomic E-state index is 13.4. The molecule has 0 saturated heterocycles. The fraction of sp³-hybridized carbons (Fsp3) is 0.286. The van der Waals surface area contributed by atoms with Gasteiger partial charge in [0.05, 0.1) is 0 Å². The summed E-state index contributed by atoms with van der Waals surface area (Å²) in [5, 5.41) is 2.73. The van der Waals surface area contributed by atoms with Gasteiger partial charge >= 0.3 is 0 Å². The van der Waals surface area contributed by atoms with E-state index < -0.39 is 6.04 Å². The van der Waals surface area contributed by atoms with E-state index >= 15 is 0 Å². The van der Waals surface area contributed by atoms with Gasteiger partial charge < -0.3 is 15.0 Å². The Labute approximate surface area is 196 Å². The van der Waals surface area contributed by atoms with Crippen molar-refractivity contribution in [2.24, 2.45) is 0 Å². The molecule has 172 valence electrons. The maximum absolute atomic E-state index is 13.4. The largest absolute Gasteiger partial charge is 0.484 e. The number of carbonyl (C=O) groups excluding carboxylic acids is 2. The van der Waals surface area contributed by atoms with Crippen molar-refractivity contribution < 1.29 is 14.3 Å². The van der Waals surface area contributed by atoms with Crippen molar-refractivity contribution in [2.75, 3.05) is 13.7 Å². The van der Waals surface area contributed by atoms with E-state index in [0.29, 0.717) is 18.7 Å². The van der Waals surface area contributed by atoms with Crippen LogP contribution < -0.4 is 10.1 Å². The molecule has 0 heterocycles. The van der Waals surface area contributed by atoms with E-state index in [9.17, 15) is 9.59 Å². The minimum Gasteiger partial charge on any atom is -0.484 e. The number of aryl methyl sites for hydroxylation is 3. The molecule has 0 aliphatic carbocycles. The lowest BCUT2D eigenvalue weighted by molar-refractivity contribution is -0.142. The number of hydrogen-bond donors (Lipinski definition) is 1. The summed E-state index contributed by atoms with van der Waals surface area (Å²) >= 11 is 0. The summed E-state index contributed by atoms with van der Waals surface area (Å²) in [4.78, 5) is 28.0. The van der Waals surface area contributed by atoms with Crippen molar-refractivity contribution in [2.45, 2.75) is 39.8 Å². The highest BCUT2D eigenvalue weighted by Crippen LogP contribution is 2.19. The van der Waals surface area contributed by atoms with Gasteiger partial charge in [-0.15, -0.1) is 0 Å². The van der Waals surface area contributed by atoms with Gasteiger partial charge in [-0.3, -0.25) is 9.59 Å². The topological polar surface area (TPSA) is 58.6 Å². The Morgan fingerprint density at radius 2 is 1.61 bits per heavy atom. The molecule has 0 bridgehead atoms. The second-order valence-corrected chi connectivity index (χ2v) is 8.37. The van der Waals surface area contributed by atoms with Gasteiger partial charge in [-0.05, 0) is 55.2 Å². The van der Waals surface area contributed by atoms with Crippen molar-refractivity contribution >= 4 is 11.8 Å². The monoisotopic (exact) mass is 444 g/mol. The Bertz CT molecular complexity index is 1100. The minimum atomic E-state index is -0.659. The first-order chi connectivity index (χ1) is 15.9. The SMILES string of the molecule is CNC(=O)C(Cc1ccccc1)N(Cc1cccc(C)c1)C(=O)COc1ccc(C)c(C)c1. The lowest BCUT2D eigenvalue weighted by Crippen LogP contribution is -2.51. The fourth-order valence-corrected chi connectivity index (χ4v) is 3.76. The van der Waals surface area contributed by atoms with E-state index in [1.54, 1.807) is 11.9 Å². The van der Waals surface area contributed by atoms with Crippen molar-refractivity contribution in [3.63, 3.8) is 0 Å². The molecule has 3 aromatic rings. The molecule has 3 aromatic carbocycles. The molecule has 0 aliphatic rings. The Hall–Kier alpha value is -3.60. The molecule has 0 spiro atoms. The lowest BCUT2D eigenvalue weighted by atomic mass is 10.0. The quantitative estimate of drug-likeness (QED) is 0.533. The second kappa shape index (κ2) is 11.3. The zero-order valence-electron chi connectivity index (χ0n) is 19.8. The normalized spacial score (nSPS) is 11.5. The van der Waals surface area contributed by atoms with Gasteiger partial charge in [0.2, 0.25) is 5.91 Å². The van der Waals surface area contributed by atoms with E-state index in [4.69, 9.17) is 4.74 Å². The van der Waals surface area contributed by atoms with Gasteiger partial charge in [-0.2, -0.15) is 0 Å². The van der Waals surface area contributed by atoms with Crippen LogP contribution in [0.3, 0.4) is 0 Å². The molecule has 1 unspecified atom stereocenters. The number of nitrogens with zero attached hydrogens (tertiary/aromatic N) is 1. The maximum Gasteiger partial charge on any atom is 0.261 e. The Balaban J connectivity index is 1.87. The third-order valence-electron chi connectivity index (χ3n) is 5.79. The average molecular weight is 445 g/mol. The van der Waals surface area contributed by atoms with Gasteiger partial charge in [0.25, 0.3) is 5.91 Å². The molecule has 1 N–H and O–H groups in total. The summed E-state index contributed by atoms with van der Waals surface area (Å²) in [5.74, 6) is 0.201. The van der Waals surface area contributed by atoms with Crippen LogP contribution in [-0.4, -0.2) is 36.4 Å². The van der Waals surface area contributed by atoms with Crippen LogP contribution in [0.2, 0.25) is 0 Å². The van der Waals surface area contributed by atoms with Crippen LogP contribution in [0.4, 0.5) is 0 Å². The molecule has 33 heavy (non-hydrogen) atoms. The fourth-order valence-electron chi connectivity index (χ4n) is 3.76. The van der Waals surface area contributed by atoms with Crippen LogP contribution in [0.5, 0.6) is 5.75 Å². The van der Waals surface area contributed by atoms with E-state index in [-0.39, 0.29) is 18.4 Å². The van der Waals surface area contributed by atoms with E-state index in [1.165, 1.54) is 0 Å². The second-order valence-electron chi connectivity index (χ2n) is 8.37. The van der Waals surface area contributed by atoms with Crippen molar-refractivity contribution in [1.82, 2.24) is 10.2 Å². The van der Waals surface area contributed by atoms with Crippen LogP contribution >= 0.6 is 0 Å². The van der Waals surface area contributed by atoms with Crippen molar-refractivity contribution in [3.8, 4) is 5.75 Å². The lowest BCUT2D eigenvalue weighted by Gasteiger charge is -2.31. The van der Waals surface area contributed by atoms with Gasteiger partial charge in [-0.25, -0.2) is 0 Å². The highest BCUT2D eigenvalue weighted by molar-refractivity contribution is 5.88. The van der Waals surface area contributed by atoms with Gasteiger partial charge in [0.15, 0.2) is 6.61 Å². The number of hydrogen-bond acceptors (Lipinski definition) is 3. The predicted octanol–water partition coefficient (Wildman–Crippen LogP) is 4.38. The van der Waals surface area contributed by atoms with Gasteiger partial charge in [-0.1, -0.05) is 66.2 Å². The van der Waals surface area contributed by atoms with Crippen LogP contribution in [0, 0.1) is 20.8 Å². The number of ether oxygens (including phenoxy) is 1.